The zero-order valence-electron chi connectivity index (χ0n) is 7.18. The number of rotatable bonds is 1. The number of halogens is 2. The third-order valence-corrected chi connectivity index (χ3v) is 2.24. The van der Waals surface area contributed by atoms with Crippen LogP contribution in [-0.2, 0) is 6.42 Å². The zero-order valence-corrected chi connectivity index (χ0v) is 7.94. The van der Waals surface area contributed by atoms with Crippen LogP contribution in [0.3, 0.4) is 0 Å². The predicted molar refractivity (Wildman–Crippen MR) is 47.7 cm³/mol. The second-order valence-corrected chi connectivity index (χ2v) is 3.69. The Hall–Kier alpha value is -0.830. The normalized spacial score (nSPS) is 16.5. The van der Waals surface area contributed by atoms with Crippen molar-refractivity contribution >= 4 is 11.6 Å². The van der Waals surface area contributed by atoms with Crippen molar-refractivity contribution in [2.75, 3.05) is 6.61 Å². The monoisotopic (exact) mass is 201 g/mol. The maximum atomic E-state index is 13.3. The summed E-state index contributed by atoms with van der Waals surface area (Å²) in [6.45, 7) is 2.27. The van der Waals surface area contributed by atoms with E-state index in [4.69, 9.17) is 16.3 Å². The molecule has 0 spiro atoms. The molecule has 0 saturated heterocycles. The van der Waals surface area contributed by atoms with Crippen LogP contribution in [0.1, 0.15) is 23.6 Å². The van der Waals surface area contributed by atoms with Crippen LogP contribution in [0.25, 0.3) is 0 Å². The van der Waals surface area contributed by atoms with Crippen LogP contribution >= 0.6 is 11.6 Å². The summed E-state index contributed by atoms with van der Waals surface area (Å²) in [7, 11) is 0. The Morgan fingerprint density at radius 1 is 1.69 bits per heavy atom. The highest BCUT2D eigenvalue weighted by atomic mass is 35.5. The minimum atomic E-state index is -0.422. The number of pyridine rings is 1. The molecule has 1 aliphatic heterocycles. The van der Waals surface area contributed by atoms with Crippen molar-refractivity contribution in [1.29, 1.82) is 0 Å². The standard InChI is InChI=1S/C9H9ClFNO/c1-5(10)8-7(11)4-6-2-3-13-9(6)12-8/h4-5H,2-3H2,1H3. The second-order valence-electron chi connectivity index (χ2n) is 3.03. The molecular formula is C9H9ClFNO. The van der Waals surface area contributed by atoms with Gasteiger partial charge in [-0.05, 0) is 13.0 Å². The van der Waals surface area contributed by atoms with Gasteiger partial charge < -0.3 is 4.74 Å². The largest absolute Gasteiger partial charge is 0.477 e. The first kappa shape index (κ1) is 8.75. The second kappa shape index (κ2) is 3.14. The van der Waals surface area contributed by atoms with Crippen LogP contribution < -0.4 is 4.74 Å². The van der Waals surface area contributed by atoms with Crippen LogP contribution in [0.15, 0.2) is 6.07 Å². The molecule has 2 rings (SSSR count). The Morgan fingerprint density at radius 2 is 2.46 bits per heavy atom. The minimum Gasteiger partial charge on any atom is -0.477 e. The first-order chi connectivity index (χ1) is 6.18. The van der Waals surface area contributed by atoms with Gasteiger partial charge in [0.25, 0.3) is 0 Å². The van der Waals surface area contributed by atoms with Gasteiger partial charge in [0.15, 0.2) is 0 Å². The number of fused-ring (bicyclic) bond motifs is 1. The van der Waals surface area contributed by atoms with Gasteiger partial charge in [0.1, 0.15) is 5.82 Å². The van der Waals surface area contributed by atoms with Crippen LogP contribution in [-0.4, -0.2) is 11.6 Å². The third-order valence-electron chi connectivity index (χ3n) is 2.03. The Labute approximate surface area is 80.7 Å². The van der Waals surface area contributed by atoms with E-state index >= 15 is 0 Å². The lowest BCUT2D eigenvalue weighted by Crippen LogP contribution is -1.98. The number of nitrogens with zero attached hydrogens (tertiary/aromatic N) is 1. The minimum absolute atomic E-state index is 0.266. The lowest BCUT2D eigenvalue weighted by molar-refractivity contribution is 0.343. The molecule has 1 aromatic heterocycles. The number of hydrogen-bond acceptors (Lipinski definition) is 2. The molecule has 1 aliphatic rings. The quantitative estimate of drug-likeness (QED) is 0.652. The van der Waals surface area contributed by atoms with E-state index in [1.807, 2.05) is 0 Å². The fourth-order valence-electron chi connectivity index (χ4n) is 1.36. The van der Waals surface area contributed by atoms with Crippen LogP contribution in [0.4, 0.5) is 4.39 Å². The molecule has 2 heterocycles. The van der Waals surface area contributed by atoms with E-state index in [2.05, 4.69) is 4.98 Å². The topological polar surface area (TPSA) is 22.1 Å². The SMILES string of the molecule is CC(Cl)c1nc2c(cc1F)CCO2. The Balaban J connectivity index is 2.49. The Kier molecular flexibility index (Phi) is 2.12. The maximum absolute atomic E-state index is 13.3. The molecule has 70 valence electrons. The van der Waals surface area contributed by atoms with E-state index in [9.17, 15) is 4.39 Å². The first-order valence-corrected chi connectivity index (χ1v) is 4.58. The van der Waals surface area contributed by atoms with Gasteiger partial charge in [-0.3, -0.25) is 0 Å². The number of aromatic nitrogens is 1. The average molecular weight is 202 g/mol. The molecule has 1 unspecified atom stereocenters. The van der Waals surface area contributed by atoms with Gasteiger partial charge in [-0.2, -0.15) is 0 Å². The zero-order chi connectivity index (χ0) is 9.42. The van der Waals surface area contributed by atoms with E-state index in [-0.39, 0.29) is 11.5 Å². The lowest BCUT2D eigenvalue weighted by atomic mass is 10.2. The van der Waals surface area contributed by atoms with Gasteiger partial charge in [-0.25, -0.2) is 9.37 Å². The van der Waals surface area contributed by atoms with Gasteiger partial charge >= 0.3 is 0 Å². The van der Waals surface area contributed by atoms with Crippen molar-refractivity contribution in [2.45, 2.75) is 18.7 Å². The molecular weight excluding hydrogens is 193 g/mol. The van der Waals surface area contributed by atoms with Gasteiger partial charge in [0.2, 0.25) is 5.88 Å². The highest BCUT2D eigenvalue weighted by molar-refractivity contribution is 6.20. The smallest absolute Gasteiger partial charge is 0.217 e. The van der Waals surface area contributed by atoms with Gasteiger partial charge in [0.05, 0.1) is 17.7 Å². The molecule has 1 atom stereocenters. The summed E-state index contributed by atoms with van der Waals surface area (Å²) in [6, 6.07) is 1.46. The van der Waals surface area contributed by atoms with Crippen molar-refractivity contribution in [3.05, 3.63) is 23.1 Å². The van der Waals surface area contributed by atoms with Crippen molar-refractivity contribution in [1.82, 2.24) is 4.98 Å². The maximum Gasteiger partial charge on any atom is 0.217 e. The molecule has 0 aliphatic carbocycles. The molecule has 1 aromatic rings. The summed E-state index contributed by atoms with van der Waals surface area (Å²) >= 11 is 5.75. The van der Waals surface area contributed by atoms with E-state index in [1.54, 1.807) is 6.92 Å². The Bertz CT molecular complexity index is 341. The predicted octanol–water partition coefficient (Wildman–Crippen LogP) is 2.46. The molecule has 2 nitrogen and oxygen atoms in total. The summed E-state index contributed by atoms with van der Waals surface area (Å²) in [5, 5.41) is -0.422. The molecule has 0 amide bonds. The summed E-state index contributed by atoms with van der Waals surface area (Å²) in [5.41, 5.74) is 1.10. The van der Waals surface area contributed by atoms with E-state index in [0.29, 0.717) is 12.5 Å². The number of alkyl halides is 1. The molecule has 4 heteroatoms. The van der Waals surface area contributed by atoms with Crippen LogP contribution in [0.2, 0.25) is 0 Å². The number of hydrogen-bond donors (Lipinski definition) is 0. The summed E-state index contributed by atoms with van der Waals surface area (Å²) in [4.78, 5) is 4.02. The van der Waals surface area contributed by atoms with Gasteiger partial charge in [-0.15, -0.1) is 11.6 Å². The molecule has 0 radical (unpaired) electrons. The summed E-state index contributed by atoms with van der Waals surface area (Å²) in [5.74, 6) is 0.190. The van der Waals surface area contributed by atoms with Crippen LogP contribution in [0, 0.1) is 5.82 Å². The van der Waals surface area contributed by atoms with Crippen LogP contribution in [0.5, 0.6) is 5.88 Å². The number of ether oxygens (including phenoxy) is 1. The van der Waals surface area contributed by atoms with Crippen molar-refractivity contribution in [2.24, 2.45) is 0 Å². The molecule has 0 fully saturated rings. The molecule has 0 aromatic carbocycles. The van der Waals surface area contributed by atoms with Crippen molar-refractivity contribution < 1.29 is 9.13 Å². The van der Waals surface area contributed by atoms with Crippen molar-refractivity contribution in [3.8, 4) is 5.88 Å². The third kappa shape index (κ3) is 1.48. The highest BCUT2D eigenvalue weighted by Gasteiger charge is 2.19. The molecule has 0 bridgehead atoms. The van der Waals surface area contributed by atoms with E-state index in [0.717, 1.165) is 12.0 Å². The molecule has 13 heavy (non-hydrogen) atoms. The van der Waals surface area contributed by atoms with Gasteiger partial charge in [0, 0.05) is 12.0 Å². The van der Waals surface area contributed by atoms with E-state index in [1.165, 1.54) is 6.07 Å². The fourth-order valence-corrected chi connectivity index (χ4v) is 1.52. The van der Waals surface area contributed by atoms with Gasteiger partial charge in [-0.1, -0.05) is 0 Å². The molecule has 0 saturated carbocycles. The van der Waals surface area contributed by atoms with E-state index < -0.39 is 5.38 Å². The first-order valence-electron chi connectivity index (χ1n) is 4.14. The summed E-state index contributed by atoms with van der Waals surface area (Å²) < 4.78 is 18.5. The summed E-state index contributed by atoms with van der Waals surface area (Å²) in [6.07, 6.45) is 0.732. The molecule has 0 N–H and O–H groups in total. The Morgan fingerprint density at radius 3 is 3.15 bits per heavy atom. The fraction of sp³-hybridized carbons (Fsp3) is 0.444. The lowest BCUT2D eigenvalue weighted by Gasteiger charge is -2.06. The van der Waals surface area contributed by atoms with Crippen molar-refractivity contribution in [3.63, 3.8) is 0 Å². The average Bonchev–Trinajstić information content (AvgIpc) is 2.48. The highest BCUT2D eigenvalue weighted by Crippen LogP contribution is 2.29.